The van der Waals surface area contributed by atoms with Gasteiger partial charge < -0.3 is 10.6 Å². The minimum atomic E-state index is -0.478. The van der Waals surface area contributed by atoms with Gasteiger partial charge in [0.1, 0.15) is 5.82 Å². The lowest BCUT2D eigenvalue weighted by atomic mass is 10.2. The van der Waals surface area contributed by atoms with Crippen LogP contribution in [0.1, 0.15) is 26.2 Å². The molecule has 1 rings (SSSR count). The van der Waals surface area contributed by atoms with Gasteiger partial charge in [-0.15, -0.1) is 0 Å². The predicted octanol–water partition coefficient (Wildman–Crippen LogP) is 2.83. The SMILES string of the molecule is CCC[C@H](Br)C(=O)NCCC(=O)Nc1ccccc1F. The molecule has 110 valence electrons. The van der Waals surface area contributed by atoms with Crippen LogP contribution in [-0.2, 0) is 9.59 Å². The Morgan fingerprint density at radius 3 is 2.70 bits per heavy atom. The van der Waals surface area contributed by atoms with Crippen molar-refractivity contribution in [3.63, 3.8) is 0 Å². The van der Waals surface area contributed by atoms with Gasteiger partial charge in [-0.05, 0) is 18.6 Å². The van der Waals surface area contributed by atoms with Gasteiger partial charge in [0, 0.05) is 13.0 Å². The number of halogens is 2. The van der Waals surface area contributed by atoms with Crippen LogP contribution in [0.15, 0.2) is 24.3 Å². The van der Waals surface area contributed by atoms with E-state index in [1.807, 2.05) is 6.92 Å². The van der Waals surface area contributed by atoms with E-state index in [0.29, 0.717) is 0 Å². The van der Waals surface area contributed by atoms with Crippen molar-refractivity contribution in [2.24, 2.45) is 0 Å². The molecule has 6 heteroatoms. The number of hydrogen-bond donors (Lipinski definition) is 2. The number of carbonyl (C=O) groups excluding carboxylic acids is 2. The summed E-state index contributed by atoms with van der Waals surface area (Å²) >= 11 is 3.27. The molecule has 0 radical (unpaired) electrons. The van der Waals surface area contributed by atoms with E-state index in [9.17, 15) is 14.0 Å². The highest BCUT2D eigenvalue weighted by molar-refractivity contribution is 9.10. The summed E-state index contributed by atoms with van der Waals surface area (Å²) in [6.45, 7) is 2.22. The Labute approximate surface area is 126 Å². The maximum atomic E-state index is 13.3. The highest BCUT2D eigenvalue weighted by atomic mass is 79.9. The second kappa shape index (κ2) is 8.68. The van der Waals surface area contributed by atoms with Gasteiger partial charge in [-0.2, -0.15) is 0 Å². The number of anilines is 1. The number of amides is 2. The van der Waals surface area contributed by atoms with E-state index in [1.165, 1.54) is 12.1 Å². The summed E-state index contributed by atoms with van der Waals surface area (Å²) in [5.41, 5.74) is 0.146. The number of benzene rings is 1. The molecule has 0 aromatic heterocycles. The van der Waals surface area contributed by atoms with Gasteiger partial charge in [0.2, 0.25) is 11.8 Å². The third kappa shape index (κ3) is 5.69. The topological polar surface area (TPSA) is 58.2 Å². The van der Waals surface area contributed by atoms with Crippen LogP contribution in [0.5, 0.6) is 0 Å². The monoisotopic (exact) mass is 344 g/mol. The molecule has 0 bridgehead atoms. The fourth-order valence-electron chi connectivity index (χ4n) is 1.57. The van der Waals surface area contributed by atoms with Crippen LogP contribution in [0.2, 0.25) is 0 Å². The summed E-state index contributed by atoms with van der Waals surface area (Å²) < 4.78 is 13.3. The molecule has 0 saturated carbocycles. The van der Waals surface area contributed by atoms with Gasteiger partial charge in [-0.25, -0.2) is 4.39 Å². The maximum absolute atomic E-state index is 13.3. The normalized spacial score (nSPS) is 11.8. The first-order chi connectivity index (χ1) is 9.54. The molecule has 1 aromatic rings. The molecule has 2 N–H and O–H groups in total. The van der Waals surface area contributed by atoms with Crippen molar-refractivity contribution in [1.82, 2.24) is 5.32 Å². The van der Waals surface area contributed by atoms with E-state index in [1.54, 1.807) is 12.1 Å². The van der Waals surface area contributed by atoms with E-state index >= 15 is 0 Å². The minimum absolute atomic E-state index is 0.103. The third-order valence-electron chi connectivity index (χ3n) is 2.63. The molecule has 20 heavy (non-hydrogen) atoms. The van der Waals surface area contributed by atoms with Crippen molar-refractivity contribution >= 4 is 33.4 Å². The molecule has 1 aromatic carbocycles. The van der Waals surface area contributed by atoms with Crippen LogP contribution in [0, 0.1) is 5.82 Å². The lowest BCUT2D eigenvalue weighted by molar-refractivity contribution is -0.120. The molecule has 1 atom stereocenters. The van der Waals surface area contributed by atoms with Crippen molar-refractivity contribution in [3.05, 3.63) is 30.1 Å². The van der Waals surface area contributed by atoms with E-state index in [-0.39, 0.29) is 35.3 Å². The zero-order chi connectivity index (χ0) is 15.0. The number of carbonyl (C=O) groups is 2. The second-order valence-electron chi connectivity index (χ2n) is 4.33. The number of hydrogen-bond acceptors (Lipinski definition) is 2. The predicted molar refractivity (Wildman–Crippen MR) is 80.3 cm³/mol. The average molecular weight is 345 g/mol. The largest absolute Gasteiger partial charge is 0.355 e. The summed E-state index contributed by atoms with van der Waals surface area (Å²) in [6.07, 6.45) is 1.75. The number of rotatable bonds is 7. The van der Waals surface area contributed by atoms with Crippen LogP contribution in [0.25, 0.3) is 0 Å². The Balaban J connectivity index is 2.31. The van der Waals surface area contributed by atoms with Gasteiger partial charge in [0.25, 0.3) is 0 Å². The van der Waals surface area contributed by atoms with Crippen LogP contribution in [0.4, 0.5) is 10.1 Å². The van der Waals surface area contributed by atoms with Crippen LogP contribution < -0.4 is 10.6 Å². The van der Waals surface area contributed by atoms with E-state index in [2.05, 4.69) is 26.6 Å². The zero-order valence-electron chi connectivity index (χ0n) is 11.3. The standard InChI is InChI=1S/C14H18BrFN2O2/c1-2-5-10(15)14(20)17-9-8-13(19)18-12-7-4-3-6-11(12)16/h3-4,6-7,10H,2,5,8-9H2,1H3,(H,17,20)(H,18,19)/t10-/m0/s1. The van der Waals surface area contributed by atoms with E-state index < -0.39 is 5.82 Å². The first kappa shape index (κ1) is 16.6. The summed E-state index contributed by atoms with van der Waals surface area (Å²) in [5, 5.41) is 5.12. The summed E-state index contributed by atoms with van der Waals surface area (Å²) in [7, 11) is 0. The van der Waals surface area contributed by atoms with Crippen LogP contribution in [-0.4, -0.2) is 23.2 Å². The quantitative estimate of drug-likeness (QED) is 0.747. The Bertz CT molecular complexity index is 468. The molecule has 4 nitrogen and oxygen atoms in total. The molecule has 0 aliphatic carbocycles. The fraction of sp³-hybridized carbons (Fsp3) is 0.429. The molecule has 0 spiro atoms. The molecule has 0 aliphatic heterocycles. The molecule has 0 aliphatic rings. The molecule has 2 amide bonds. The Morgan fingerprint density at radius 1 is 1.35 bits per heavy atom. The maximum Gasteiger partial charge on any atom is 0.233 e. The average Bonchev–Trinajstić information content (AvgIpc) is 2.41. The van der Waals surface area contributed by atoms with Crippen LogP contribution in [0.3, 0.4) is 0 Å². The second-order valence-corrected chi connectivity index (χ2v) is 5.43. The summed E-state index contributed by atoms with van der Waals surface area (Å²) in [6, 6.07) is 5.95. The highest BCUT2D eigenvalue weighted by Crippen LogP contribution is 2.12. The van der Waals surface area contributed by atoms with Crippen LogP contribution >= 0.6 is 15.9 Å². The van der Waals surface area contributed by atoms with Crippen molar-refractivity contribution < 1.29 is 14.0 Å². The lowest BCUT2D eigenvalue weighted by Crippen LogP contribution is -2.33. The first-order valence-corrected chi connectivity index (χ1v) is 7.42. The van der Waals surface area contributed by atoms with Gasteiger partial charge in [0.15, 0.2) is 0 Å². The molecular formula is C14H18BrFN2O2. The first-order valence-electron chi connectivity index (χ1n) is 6.50. The number of para-hydroxylation sites is 1. The molecule has 0 saturated heterocycles. The van der Waals surface area contributed by atoms with Gasteiger partial charge in [0.05, 0.1) is 10.5 Å². The van der Waals surface area contributed by atoms with Crippen molar-refractivity contribution in [2.45, 2.75) is 31.0 Å². The molecular weight excluding hydrogens is 327 g/mol. The highest BCUT2D eigenvalue weighted by Gasteiger charge is 2.13. The lowest BCUT2D eigenvalue weighted by Gasteiger charge is -2.10. The van der Waals surface area contributed by atoms with Gasteiger partial charge >= 0.3 is 0 Å². The van der Waals surface area contributed by atoms with Crippen molar-refractivity contribution in [1.29, 1.82) is 0 Å². The Kier molecular flexibility index (Phi) is 7.22. The fourth-order valence-corrected chi connectivity index (χ4v) is 2.19. The Hall–Kier alpha value is -1.43. The molecule has 0 heterocycles. The van der Waals surface area contributed by atoms with Gasteiger partial charge in [-0.3, -0.25) is 9.59 Å². The summed E-state index contributed by atoms with van der Waals surface area (Å²) in [5.74, 6) is -0.948. The zero-order valence-corrected chi connectivity index (χ0v) is 12.9. The molecule has 0 unspecified atom stereocenters. The van der Waals surface area contributed by atoms with Crippen molar-refractivity contribution in [2.75, 3.05) is 11.9 Å². The minimum Gasteiger partial charge on any atom is -0.355 e. The number of nitrogens with one attached hydrogen (secondary N) is 2. The smallest absolute Gasteiger partial charge is 0.233 e. The van der Waals surface area contributed by atoms with E-state index in [4.69, 9.17) is 0 Å². The Morgan fingerprint density at radius 2 is 2.05 bits per heavy atom. The third-order valence-corrected chi connectivity index (χ3v) is 3.50. The number of alkyl halides is 1. The van der Waals surface area contributed by atoms with Gasteiger partial charge in [-0.1, -0.05) is 41.4 Å². The molecule has 0 fully saturated rings. The van der Waals surface area contributed by atoms with Crippen molar-refractivity contribution in [3.8, 4) is 0 Å². The van der Waals surface area contributed by atoms with E-state index in [0.717, 1.165) is 12.8 Å². The summed E-state index contributed by atoms with van der Waals surface area (Å²) in [4.78, 5) is 22.9.